The molecule has 0 aliphatic rings. The first-order valence-corrected chi connectivity index (χ1v) is 14.6. The summed E-state index contributed by atoms with van der Waals surface area (Å²) in [6, 6.07) is 13.3. The lowest BCUT2D eigenvalue weighted by Crippen LogP contribution is -2.43. The van der Waals surface area contributed by atoms with E-state index in [1.165, 1.54) is 0 Å². The quantitative estimate of drug-likeness (QED) is 0.230. The van der Waals surface area contributed by atoms with Crippen molar-refractivity contribution in [3.8, 4) is 11.1 Å². The predicted octanol–water partition coefficient (Wildman–Crippen LogP) is 6.45. The first-order valence-electron chi connectivity index (χ1n) is 14.6. The fourth-order valence-corrected chi connectivity index (χ4v) is 5.12. The molecule has 0 aliphatic heterocycles. The van der Waals surface area contributed by atoms with E-state index in [9.17, 15) is 9.59 Å². The van der Waals surface area contributed by atoms with E-state index < -0.39 is 0 Å². The zero-order chi connectivity index (χ0) is 30.0. The first kappa shape index (κ1) is 33.1. The van der Waals surface area contributed by atoms with Crippen molar-refractivity contribution in [1.82, 2.24) is 20.4 Å². The van der Waals surface area contributed by atoms with Crippen molar-refractivity contribution in [2.75, 3.05) is 36.8 Å². The van der Waals surface area contributed by atoms with Gasteiger partial charge in [0, 0.05) is 61.7 Å². The highest BCUT2D eigenvalue weighted by Crippen LogP contribution is 2.28. The van der Waals surface area contributed by atoms with Crippen molar-refractivity contribution >= 4 is 23.4 Å². The lowest BCUT2D eigenvalue weighted by atomic mass is 10.00. The topological polar surface area (TPSA) is 88.7 Å². The van der Waals surface area contributed by atoms with Crippen LogP contribution in [0.25, 0.3) is 11.1 Å². The molecule has 0 radical (unpaired) electrons. The molecule has 2 aromatic rings. The Hall–Kier alpha value is -3.10. The maximum atomic E-state index is 12.5. The average Bonchev–Trinajstić information content (AvgIpc) is 2.86. The van der Waals surface area contributed by atoms with E-state index in [0.29, 0.717) is 37.3 Å². The van der Waals surface area contributed by atoms with Gasteiger partial charge in [-0.3, -0.25) is 9.80 Å². The molecular formula is C32H52N6O2. The fourth-order valence-electron chi connectivity index (χ4n) is 5.12. The molecule has 2 aromatic carbocycles. The second-order valence-corrected chi connectivity index (χ2v) is 11.7. The number of nitrogens with one attached hydrogen (secondary N) is 4. The van der Waals surface area contributed by atoms with Crippen LogP contribution < -0.4 is 21.3 Å². The van der Waals surface area contributed by atoms with Crippen molar-refractivity contribution < 1.29 is 9.59 Å². The molecule has 4 amide bonds. The van der Waals surface area contributed by atoms with Crippen molar-refractivity contribution in [3.05, 3.63) is 47.5 Å². The number of urea groups is 2. The second-order valence-electron chi connectivity index (χ2n) is 11.7. The zero-order valence-corrected chi connectivity index (χ0v) is 26.3. The summed E-state index contributed by atoms with van der Waals surface area (Å²) < 4.78 is 0. The number of aryl methyl sites for hydroxylation is 2. The van der Waals surface area contributed by atoms with Gasteiger partial charge in [0.2, 0.25) is 0 Å². The van der Waals surface area contributed by atoms with E-state index >= 15 is 0 Å². The van der Waals surface area contributed by atoms with Gasteiger partial charge >= 0.3 is 12.1 Å². The molecule has 222 valence electrons. The third-order valence-corrected chi connectivity index (χ3v) is 7.25. The maximum Gasteiger partial charge on any atom is 0.319 e. The number of carbonyl (C=O) groups excluding carboxylic acids is 2. The van der Waals surface area contributed by atoms with E-state index in [4.69, 9.17) is 0 Å². The van der Waals surface area contributed by atoms with Gasteiger partial charge in [-0.25, -0.2) is 9.59 Å². The number of rotatable bonds is 13. The molecule has 8 nitrogen and oxygen atoms in total. The van der Waals surface area contributed by atoms with Crippen LogP contribution in [-0.2, 0) is 0 Å². The van der Waals surface area contributed by atoms with Crippen LogP contribution in [0.15, 0.2) is 36.4 Å². The van der Waals surface area contributed by atoms with Gasteiger partial charge < -0.3 is 21.3 Å². The standard InChI is InChI=1S/C32H52N6O2/c1-21(2)37(22(3)4)17-15-33-31(39)35-29-13-11-27(19-25(29)9)28-12-14-30(26(10)20-28)36-32(40)34-16-18-38(23(5)6)24(7)8/h11-14,19-24H,15-18H2,1-10H3,(H2,33,35,39)(H2,34,36,40). The molecule has 0 fully saturated rings. The molecule has 4 N–H and O–H groups in total. The summed E-state index contributed by atoms with van der Waals surface area (Å²) in [6.07, 6.45) is 0. The lowest BCUT2D eigenvalue weighted by Gasteiger charge is -2.30. The smallest absolute Gasteiger partial charge is 0.319 e. The third kappa shape index (κ3) is 10.1. The summed E-state index contributed by atoms with van der Waals surface area (Å²) in [6.45, 7) is 24.1. The van der Waals surface area contributed by atoms with Crippen molar-refractivity contribution in [1.29, 1.82) is 0 Å². The van der Waals surface area contributed by atoms with Crippen molar-refractivity contribution in [3.63, 3.8) is 0 Å². The molecule has 0 atom stereocenters. The van der Waals surface area contributed by atoms with E-state index in [1.807, 2.05) is 38.1 Å². The summed E-state index contributed by atoms with van der Waals surface area (Å²) in [5.74, 6) is 0. The molecule has 40 heavy (non-hydrogen) atoms. The minimum Gasteiger partial charge on any atom is -0.337 e. The van der Waals surface area contributed by atoms with Crippen LogP contribution in [0, 0.1) is 13.8 Å². The van der Waals surface area contributed by atoms with Gasteiger partial charge in [0.15, 0.2) is 0 Å². The molecule has 8 heteroatoms. The van der Waals surface area contributed by atoms with Crippen molar-refractivity contribution in [2.45, 2.75) is 93.4 Å². The van der Waals surface area contributed by atoms with Crippen LogP contribution in [0.2, 0.25) is 0 Å². The number of benzene rings is 2. The molecule has 2 rings (SSSR count). The summed E-state index contributed by atoms with van der Waals surface area (Å²) in [7, 11) is 0. The monoisotopic (exact) mass is 552 g/mol. The SMILES string of the molecule is Cc1cc(-c2ccc(NC(=O)NCCN(C(C)C)C(C)C)c(C)c2)ccc1NC(=O)NCCN(C(C)C)C(C)C. The van der Waals surface area contributed by atoms with Gasteiger partial charge in [-0.2, -0.15) is 0 Å². The highest BCUT2D eigenvalue weighted by Gasteiger charge is 2.15. The molecule has 0 bridgehead atoms. The molecule has 0 saturated carbocycles. The Balaban J connectivity index is 1.94. The van der Waals surface area contributed by atoms with Gasteiger partial charge in [0.1, 0.15) is 0 Å². The molecule has 0 unspecified atom stereocenters. The highest BCUT2D eigenvalue weighted by atomic mass is 16.2. The highest BCUT2D eigenvalue weighted by molar-refractivity contribution is 5.91. The molecule has 0 spiro atoms. The summed E-state index contributed by atoms with van der Waals surface area (Å²) in [4.78, 5) is 29.7. The number of nitrogens with zero attached hydrogens (tertiary/aromatic N) is 2. The van der Waals surface area contributed by atoms with E-state index in [2.05, 4.69) is 98.6 Å². The second kappa shape index (κ2) is 15.6. The maximum absolute atomic E-state index is 12.5. The van der Waals surface area contributed by atoms with E-state index in [1.54, 1.807) is 0 Å². The third-order valence-electron chi connectivity index (χ3n) is 7.25. The molecule has 0 heterocycles. The van der Waals surface area contributed by atoms with Gasteiger partial charge in [-0.15, -0.1) is 0 Å². The van der Waals surface area contributed by atoms with E-state index in [0.717, 1.165) is 46.7 Å². The molecule has 0 saturated heterocycles. The van der Waals surface area contributed by atoms with Gasteiger partial charge in [0.05, 0.1) is 0 Å². The average molecular weight is 553 g/mol. The fraction of sp³-hybridized carbons (Fsp3) is 0.562. The minimum atomic E-state index is -0.200. The molecular weight excluding hydrogens is 500 g/mol. The van der Waals surface area contributed by atoms with Crippen LogP contribution in [0.5, 0.6) is 0 Å². The van der Waals surface area contributed by atoms with Crippen LogP contribution in [0.4, 0.5) is 21.0 Å². The van der Waals surface area contributed by atoms with Crippen LogP contribution in [-0.4, -0.2) is 72.2 Å². The van der Waals surface area contributed by atoms with Gasteiger partial charge in [0.25, 0.3) is 0 Å². The van der Waals surface area contributed by atoms with Gasteiger partial charge in [-0.1, -0.05) is 12.1 Å². The van der Waals surface area contributed by atoms with Crippen LogP contribution in [0.1, 0.15) is 66.5 Å². The Morgan fingerprint density at radius 1 is 0.600 bits per heavy atom. The number of anilines is 2. The van der Waals surface area contributed by atoms with Crippen LogP contribution >= 0.6 is 0 Å². The van der Waals surface area contributed by atoms with Crippen LogP contribution in [0.3, 0.4) is 0 Å². The van der Waals surface area contributed by atoms with Gasteiger partial charge in [-0.05, 0) is 116 Å². The summed E-state index contributed by atoms with van der Waals surface area (Å²) >= 11 is 0. The minimum absolute atomic E-state index is 0.200. The zero-order valence-electron chi connectivity index (χ0n) is 26.3. The first-order chi connectivity index (χ1) is 18.8. The summed E-state index contributed by atoms with van der Waals surface area (Å²) in [5, 5.41) is 11.9. The number of hydrogen-bond donors (Lipinski definition) is 4. The largest absolute Gasteiger partial charge is 0.337 e. The molecule has 0 aromatic heterocycles. The number of hydrogen-bond acceptors (Lipinski definition) is 4. The lowest BCUT2D eigenvalue weighted by molar-refractivity contribution is 0.176. The Labute approximate surface area is 242 Å². The Kier molecular flexibility index (Phi) is 12.9. The Morgan fingerprint density at radius 2 is 0.925 bits per heavy atom. The Bertz CT molecular complexity index is 1010. The normalized spacial score (nSPS) is 11.7. The summed E-state index contributed by atoms with van der Waals surface area (Å²) in [5.41, 5.74) is 5.63. The number of amides is 4. The predicted molar refractivity (Wildman–Crippen MR) is 169 cm³/mol. The number of carbonyl (C=O) groups is 2. The van der Waals surface area contributed by atoms with Crippen molar-refractivity contribution in [2.24, 2.45) is 0 Å². The van der Waals surface area contributed by atoms with E-state index in [-0.39, 0.29) is 12.1 Å². The Morgan fingerprint density at radius 3 is 1.20 bits per heavy atom. The molecule has 0 aliphatic carbocycles.